The predicted molar refractivity (Wildman–Crippen MR) is 98.4 cm³/mol. The number of methoxy groups -OCH3 is 3. The highest BCUT2D eigenvalue weighted by atomic mass is 32.2. The number of ether oxygens (including phenoxy) is 3. The third-order valence-electron chi connectivity index (χ3n) is 4.68. The van der Waals surface area contributed by atoms with Gasteiger partial charge in [0.2, 0.25) is 27.7 Å². The fourth-order valence-corrected chi connectivity index (χ4v) is 4.06. The zero-order chi connectivity index (χ0) is 20.9. The van der Waals surface area contributed by atoms with Crippen molar-refractivity contribution in [3.05, 3.63) is 11.9 Å². The highest BCUT2D eigenvalue weighted by molar-refractivity contribution is 7.88. The van der Waals surface area contributed by atoms with Crippen molar-refractivity contribution in [1.29, 1.82) is 0 Å². The van der Waals surface area contributed by atoms with Crippen molar-refractivity contribution in [2.45, 2.75) is 31.6 Å². The molecule has 0 N–H and O–H groups in total. The molecule has 0 aromatic carbocycles. The molecule has 11 heteroatoms. The van der Waals surface area contributed by atoms with E-state index < -0.39 is 34.4 Å². The molecule has 1 aliphatic carbocycles. The summed E-state index contributed by atoms with van der Waals surface area (Å²) in [5.41, 5.74) is 0. The molecule has 156 valence electrons. The Morgan fingerprint density at radius 2 is 1.68 bits per heavy atom. The van der Waals surface area contributed by atoms with Gasteiger partial charge in [-0.1, -0.05) is 12.8 Å². The number of rotatable bonds is 8. The van der Waals surface area contributed by atoms with E-state index in [1.807, 2.05) is 0 Å². The van der Waals surface area contributed by atoms with Crippen LogP contribution in [0.1, 0.15) is 37.4 Å². The van der Waals surface area contributed by atoms with E-state index in [9.17, 15) is 18.0 Å². The van der Waals surface area contributed by atoms with Gasteiger partial charge in [0.25, 0.3) is 0 Å². The van der Waals surface area contributed by atoms with E-state index >= 15 is 0 Å². The van der Waals surface area contributed by atoms with E-state index in [4.69, 9.17) is 9.47 Å². The number of amides is 1. The summed E-state index contributed by atoms with van der Waals surface area (Å²) < 4.78 is 39.8. The first-order valence-electron chi connectivity index (χ1n) is 8.76. The third kappa shape index (κ3) is 5.09. The minimum absolute atomic E-state index is 0.103. The first kappa shape index (κ1) is 21.9. The molecule has 0 aliphatic heterocycles. The maximum atomic E-state index is 13.3. The Morgan fingerprint density at radius 1 is 1.14 bits per heavy atom. The molecular formula is C17H25N3O7S. The fourth-order valence-electron chi connectivity index (χ4n) is 3.28. The van der Waals surface area contributed by atoms with E-state index in [0.29, 0.717) is 4.31 Å². The number of carbonyl (C=O) groups is 2. The summed E-state index contributed by atoms with van der Waals surface area (Å²) >= 11 is 0. The van der Waals surface area contributed by atoms with Crippen LogP contribution in [0.4, 0.5) is 0 Å². The van der Waals surface area contributed by atoms with Crippen molar-refractivity contribution in [3.8, 4) is 11.8 Å². The largest absolute Gasteiger partial charge is 0.481 e. The quantitative estimate of drug-likeness (QED) is 0.565. The Bertz CT molecular complexity index is 800. The molecule has 1 aliphatic rings. The highest BCUT2D eigenvalue weighted by Crippen LogP contribution is 2.38. The average molecular weight is 415 g/mol. The van der Waals surface area contributed by atoms with Crippen molar-refractivity contribution < 1.29 is 32.2 Å². The van der Waals surface area contributed by atoms with Gasteiger partial charge in [-0.2, -0.15) is 9.97 Å². The molecule has 0 bridgehead atoms. The molecule has 1 amide bonds. The van der Waals surface area contributed by atoms with Gasteiger partial charge < -0.3 is 14.2 Å². The molecule has 0 radical (unpaired) electrons. The second-order valence-corrected chi connectivity index (χ2v) is 8.42. The molecule has 1 fully saturated rings. The number of sulfonamides is 1. The van der Waals surface area contributed by atoms with Crippen LogP contribution in [0.3, 0.4) is 0 Å². The average Bonchev–Trinajstić information content (AvgIpc) is 3.18. The van der Waals surface area contributed by atoms with Crippen LogP contribution in [0.15, 0.2) is 6.07 Å². The molecule has 1 saturated carbocycles. The zero-order valence-corrected chi connectivity index (χ0v) is 17.2. The zero-order valence-electron chi connectivity index (χ0n) is 16.4. The minimum atomic E-state index is -4.02. The summed E-state index contributed by atoms with van der Waals surface area (Å²) in [6.07, 6.45) is 4.12. The van der Waals surface area contributed by atoms with Gasteiger partial charge in [0.05, 0.1) is 33.7 Å². The predicted octanol–water partition coefficient (Wildman–Crippen LogP) is 0.729. The number of esters is 1. The maximum Gasteiger partial charge on any atom is 0.326 e. The molecule has 1 atom stereocenters. The topological polar surface area (TPSA) is 125 Å². The van der Waals surface area contributed by atoms with Crippen molar-refractivity contribution in [2.75, 3.05) is 34.1 Å². The standard InChI is InChI=1S/C17H25N3O7S/c1-25-12-9-13(26-2)19-16(18-12)15(11-7-5-6-8-11)17(22)20(28(4,23)24)10-14(21)27-3/h9,11,15H,5-8,10H2,1-4H3. The van der Waals surface area contributed by atoms with Crippen LogP contribution in [-0.2, 0) is 24.3 Å². The van der Waals surface area contributed by atoms with E-state index in [2.05, 4.69) is 14.7 Å². The van der Waals surface area contributed by atoms with Gasteiger partial charge in [-0.25, -0.2) is 12.7 Å². The summed E-state index contributed by atoms with van der Waals surface area (Å²) in [7, 11) is -0.0662. The van der Waals surface area contributed by atoms with Crippen LogP contribution < -0.4 is 9.47 Å². The third-order valence-corrected chi connectivity index (χ3v) is 5.79. The first-order chi connectivity index (χ1) is 13.2. The number of hydrogen-bond donors (Lipinski definition) is 0. The van der Waals surface area contributed by atoms with Crippen LogP contribution in [0.25, 0.3) is 0 Å². The van der Waals surface area contributed by atoms with E-state index in [0.717, 1.165) is 39.0 Å². The molecule has 2 rings (SSSR count). The molecule has 1 unspecified atom stereocenters. The van der Waals surface area contributed by atoms with Gasteiger partial charge in [-0.15, -0.1) is 0 Å². The van der Waals surface area contributed by atoms with Gasteiger partial charge >= 0.3 is 5.97 Å². The van der Waals surface area contributed by atoms with Crippen LogP contribution in [0.2, 0.25) is 0 Å². The lowest BCUT2D eigenvalue weighted by Crippen LogP contribution is -2.44. The lowest BCUT2D eigenvalue weighted by Gasteiger charge is -2.27. The minimum Gasteiger partial charge on any atom is -0.481 e. The van der Waals surface area contributed by atoms with Crippen molar-refractivity contribution in [3.63, 3.8) is 0 Å². The summed E-state index contributed by atoms with van der Waals surface area (Å²) in [4.78, 5) is 33.5. The molecule has 0 saturated heterocycles. The van der Waals surface area contributed by atoms with Crippen molar-refractivity contribution >= 4 is 21.9 Å². The van der Waals surface area contributed by atoms with Gasteiger partial charge in [-0.3, -0.25) is 9.59 Å². The fraction of sp³-hybridized carbons (Fsp3) is 0.647. The van der Waals surface area contributed by atoms with Crippen LogP contribution in [0, 0.1) is 5.92 Å². The molecule has 0 spiro atoms. The highest BCUT2D eigenvalue weighted by Gasteiger charge is 2.40. The second-order valence-electron chi connectivity index (χ2n) is 6.52. The molecule has 1 aromatic rings. The van der Waals surface area contributed by atoms with E-state index in [1.54, 1.807) is 0 Å². The summed E-state index contributed by atoms with van der Waals surface area (Å²) in [6.45, 7) is -0.710. The monoisotopic (exact) mass is 415 g/mol. The smallest absolute Gasteiger partial charge is 0.326 e. The van der Waals surface area contributed by atoms with Crippen LogP contribution in [-0.4, -0.2) is 68.7 Å². The Hall–Kier alpha value is -2.43. The number of hydrogen-bond acceptors (Lipinski definition) is 9. The van der Waals surface area contributed by atoms with Crippen LogP contribution >= 0.6 is 0 Å². The van der Waals surface area contributed by atoms with Crippen LogP contribution in [0.5, 0.6) is 11.8 Å². The number of nitrogens with zero attached hydrogens (tertiary/aromatic N) is 3. The molecule has 1 heterocycles. The van der Waals surface area contributed by atoms with Gasteiger partial charge in [0.15, 0.2) is 0 Å². The Kier molecular flexibility index (Phi) is 7.17. The van der Waals surface area contributed by atoms with Gasteiger partial charge in [-0.05, 0) is 18.8 Å². The van der Waals surface area contributed by atoms with Crippen molar-refractivity contribution in [1.82, 2.24) is 14.3 Å². The second kappa shape index (κ2) is 9.18. The number of carbonyl (C=O) groups excluding carboxylic acids is 2. The maximum absolute atomic E-state index is 13.3. The lowest BCUT2D eigenvalue weighted by atomic mass is 9.89. The summed E-state index contributed by atoms with van der Waals surface area (Å²) in [6, 6.07) is 1.46. The van der Waals surface area contributed by atoms with E-state index in [-0.39, 0.29) is 23.5 Å². The SMILES string of the molecule is COC(=O)CN(C(=O)C(c1nc(OC)cc(OC)n1)C1CCCC1)S(C)(=O)=O. The molecule has 10 nitrogen and oxygen atoms in total. The van der Waals surface area contributed by atoms with Gasteiger partial charge in [0.1, 0.15) is 18.3 Å². The lowest BCUT2D eigenvalue weighted by molar-refractivity contribution is -0.144. The molecule has 28 heavy (non-hydrogen) atoms. The normalized spacial score (nSPS) is 15.7. The van der Waals surface area contributed by atoms with E-state index in [1.165, 1.54) is 20.3 Å². The summed E-state index contributed by atoms with van der Waals surface area (Å²) in [5.74, 6) is -2.24. The Balaban J connectivity index is 2.53. The Morgan fingerprint density at radius 3 is 2.11 bits per heavy atom. The molecular weight excluding hydrogens is 390 g/mol. The Labute approximate surface area is 164 Å². The number of aromatic nitrogens is 2. The van der Waals surface area contributed by atoms with Crippen molar-refractivity contribution in [2.24, 2.45) is 5.92 Å². The summed E-state index contributed by atoms with van der Waals surface area (Å²) in [5, 5.41) is 0. The van der Waals surface area contributed by atoms with Gasteiger partial charge in [0, 0.05) is 0 Å². The molecule has 1 aromatic heterocycles. The first-order valence-corrected chi connectivity index (χ1v) is 10.6.